The van der Waals surface area contributed by atoms with Crippen LogP contribution in [0.5, 0.6) is 0 Å². The Morgan fingerprint density at radius 2 is 1.95 bits per heavy atom. The van der Waals surface area contributed by atoms with Crippen LogP contribution in [0.1, 0.15) is 12.8 Å². The van der Waals surface area contributed by atoms with Crippen molar-refractivity contribution in [2.24, 2.45) is 0 Å². The Balaban J connectivity index is 2.16. The molecule has 0 aromatic heterocycles. The van der Waals surface area contributed by atoms with Crippen LogP contribution in [-0.4, -0.2) is 34.6 Å². The van der Waals surface area contributed by atoms with Gasteiger partial charge in [0.15, 0.2) is 17.5 Å². The fraction of sp³-hybridized carbons (Fsp3) is 0.333. The summed E-state index contributed by atoms with van der Waals surface area (Å²) in [6, 6.07) is -0.312. The van der Waals surface area contributed by atoms with E-state index in [1.165, 1.54) is 0 Å². The van der Waals surface area contributed by atoms with Crippen molar-refractivity contribution in [3.05, 3.63) is 29.6 Å². The molecule has 2 amide bonds. The summed E-state index contributed by atoms with van der Waals surface area (Å²) in [7, 11) is 0. The van der Waals surface area contributed by atoms with Crippen LogP contribution in [-0.2, 0) is 4.79 Å². The summed E-state index contributed by atoms with van der Waals surface area (Å²) in [6.45, 7) is 0.202. The van der Waals surface area contributed by atoms with E-state index >= 15 is 0 Å². The smallest absolute Gasteiger partial charge is 0.326 e. The molecule has 8 heteroatoms. The van der Waals surface area contributed by atoms with E-state index in [0.29, 0.717) is 18.9 Å². The molecule has 20 heavy (non-hydrogen) atoms. The standard InChI is InChI=1S/C12H11F3N2O3/c13-6-3-4-7(10(15)9(6)14)16-12(20)17-5-1-2-8(17)11(18)19/h3-4,8H,1-2,5H2,(H,16,20)(H,18,19). The third kappa shape index (κ3) is 2.54. The van der Waals surface area contributed by atoms with Gasteiger partial charge in [-0.1, -0.05) is 0 Å². The number of amides is 2. The Kier molecular flexibility index (Phi) is 3.82. The first-order chi connectivity index (χ1) is 9.41. The fourth-order valence-corrected chi connectivity index (χ4v) is 2.08. The summed E-state index contributed by atoms with van der Waals surface area (Å²) in [6.07, 6.45) is 0.799. The summed E-state index contributed by atoms with van der Waals surface area (Å²) in [5, 5.41) is 11.0. The van der Waals surface area contributed by atoms with Gasteiger partial charge in [0.2, 0.25) is 0 Å². The first kappa shape index (κ1) is 14.2. The molecule has 5 nitrogen and oxygen atoms in total. The number of benzene rings is 1. The lowest BCUT2D eigenvalue weighted by Gasteiger charge is -2.22. The molecule has 0 aliphatic carbocycles. The molecule has 1 aromatic rings. The lowest BCUT2D eigenvalue weighted by Crippen LogP contribution is -2.42. The highest BCUT2D eigenvalue weighted by molar-refractivity contribution is 5.92. The van der Waals surface area contributed by atoms with E-state index in [1.807, 2.05) is 5.32 Å². The average Bonchev–Trinajstić information content (AvgIpc) is 2.89. The molecule has 1 unspecified atom stereocenters. The topological polar surface area (TPSA) is 69.6 Å². The highest BCUT2D eigenvalue weighted by atomic mass is 19.2. The van der Waals surface area contributed by atoms with Crippen molar-refractivity contribution in [2.75, 3.05) is 11.9 Å². The van der Waals surface area contributed by atoms with Crippen LogP contribution in [0.3, 0.4) is 0 Å². The lowest BCUT2D eigenvalue weighted by molar-refractivity contribution is -0.141. The number of carboxylic acid groups (broad SMARTS) is 1. The maximum atomic E-state index is 13.4. The molecule has 2 rings (SSSR count). The zero-order valence-corrected chi connectivity index (χ0v) is 10.2. The van der Waals surface area contributed by atoms with Gasteiger partial charge in [-0.15, -0.1) is 0 Å². The maximum Gasteiger partial charge on any atom is 0.326 e. The molecule has 0 spiro atoms. The first-order valence-electron chi connectivity index (χ1n) is 5.85. The number of aliphatic carboxylic acids is 1. The van der Waals surface area contributed by atoms with Gasteiger partial charge in [0, 0.05) is 6.54 Å². The lowest BCUT2D eigenvalue weighted by atomic mass is 10.2. The number of rotatable bonds is 2. The predicted octanol–water partition coefficient (Wildman–Crippen LogP) is 2.18. The Morgan fingerprint density at radius 1 is 1.25 bits per heavy atom. The van der Waals surface area contributed by atoms with Crippen molar-refractivity contribution < 1.29 is 27.9 Å². The third-order valence-electron chi connectivity index (χ3n) is 3.08. The highest BCUT2D eigenvalue weighted by Crippen LogP contribution is 2.22. The Hall–Kier alpha value is -2.25. The highest BCUT2D eigenvalue weighted by Gasteiger charge is 2.34. The molecule has 1 fully saturated rings. The van der Waals surface area contributed by atoms with Crippen LogP contribution in [0.15, 0.2) is 12.1 Å². The largest absolute Gasteiger partial charge is 0.480 e. The molecular weight excluding hydrogens is 277 g/mol. The Labute approximate surface area is 112 Å². The van der Waals surface area contributed by atoms with Gasteiger partial charge in [-0.2, -0.15) is 0 Å². The molecular formula is C12H11F3N2O3. The SMILES string of the molecule is O=C(O)C1CCCN1C(=O)Nc1ccc(F)c(F)c1F. The van der Waals surface area contributed by atoms with Gasteiger partial charge in [-0.05, 0) is 25.0 Å². The molecule has 1 aliphatic rings. The monoisotopic (exact) mass is 288 g/mol. The molecule has 1 aromatic carbocycles. The summed E-state index contributed by atoms with van der Waals surface area (Å²) in [5.74, 6) is -5.75. The van der Waals surface area contributed by atoms with Crippen LogP contribution < -0.4 is 5.32 Å². The molecule has 1 aliphatic heterocycles. The molecule has 0 radical (unpaired) electrons. The van der Waals surface area contributed by atoms with Gasteiger partial charge in [0.25, 0.3) is 0 Å². The van der Waals surface area contributed by atoms with Crippen molar-refractivity contribution in [2.45, 2.75) is 18.9 Å². The van der Waals surface area contributed by atoms with E-state index in [2.05, 4.69) is 0 Å². The number of carboxylic acids is 1. The average molecular weight is 288 g/mol. The molecule has 2 N–H and O–H groups in total. The second kappa shape index (κ2) is 5.40. The second-order valence-corrected chi connectivity index (χ2v) is 4.34. The van der Waals surface area contributed by atoms with Gasteiger partial charge < -0.3 is 15.3 Å². The normalized spacial score (nSPS) is 18.1. The van der Waals surface area contributed by atoms with E-state index in [-0.39, 0.29) is 6.54 Å². The number of anilines is 1. The summed E-state index contributed by atoms with van der Waals surface area (Å²) in [5.41, 5.74) is -0.537. The van der Waals surface area contributed by atoms with Crippen LogP contribution in [0, 0.1) is 17.5 Å². The van der Waals surface area contributed by atoms with Crippen LogP contribution in [0.2, 0.25) is 0 Å². The number of likely N-dealkylation sites (tertiary alicyclic amines) is 1. The summed E-state index contributed by atoms with van der Waals surface area (Å²) >= 11 is 0. The van der Waals surface area contributed by atoms with Gasteiger partial charge in [-0.3, -0.25) is 0 Å². The zero-order valence-electron chi connectivity index (χ0n) is 10.2. The number of nitrogens with one attached hydrogen (secondary N) is 1. The van der Waals surface area contributed by atoms with Crippen molar-refractivity contribution in [1.29, 1.82) is 0 Å². The van der Waals surface area contributed by atoms with Crippen molar-refractivity contribution in [3.8, 4) is 0 Å². The fourth-order valence-electron chi connectivity index (χ4n) is 2.08. The van der Waals surface area contributed by atoms with Gasteiger partial charge in [0.1, 0.15) is 6.04 Å². The third-order valence-corrected chi connectivity index (χ3v) is 3.08. The van der Waals surface area contributed by atoms with E-state index in [1.54, 1.807) is 0 Å². The first-order valence-corrected chi connectivity index (χ1v) is 5.85. The van der Waals surface area contributed by atoms with Gasteiger partial charge in [-0.25, -0.2) is 22.8 Å². The van der Waals surface area contributed by atoms with E-state index in [9.17, 15) is 22.8 Å². The molecule has 0 saturated carbocycles. The quantitative estimate of drug-likeness (QED) is 0.819. The van der Waals surface area contributed by atoms with Crippen molar-refractivity contribution in [1.82, 2.24) is 4.90 Å². The summed E-state index contributed by atoms with van der Waals surface area (Å²) in [4.78, 5) is 23.8. The van der Waals surface area contributed by atoms with Gasteiger partial charge >= 0.3 is 12.0 Å². The number of urea groups is 1. The molecule has 0 bridgehead atoms. The molecule has 1 atom stereocenters. The van der Waals surface area contributed by atoms with Crippen LogP contribution in [0.4, 0.5) is 23.7 Å². The molecule has 108 valence electrons. The van der Waals surface area contributed by atoms with E-state index in [0.717, 1.165) is 11.0 Å². The van der Waals surface area contributed by atoms with Crippen LogP contribution >= 0.6 is 0 Å². The minimum atomic E-state index is -1.70. The van der Waals surface area contributed by atoms with Crippen LogP contribution in [0.25, 0.3) is 0 Å². The maximum absolute atomic E-state index is 13.4. The second-order valence-electron chi connectivity index (χ2n) is 4.34. The number of halogens is 3. The van der Waals surface area contributed by atoms with E-state index < -0.39 is 41.2 Å². The molecule has 1 saturated heterocycles. The Bertz CT molecular complexity index is 565. The zero-order chi connectivity index (χ0) is 14.9. The number of hydrogen-bond donors (Lipinski definition) is 2. The number of carbonyl (C=O) groups excluding carboxylic acids is 1. The summed E-state index contributed by atoms with van der Waals surface area (Å²) < 4.78 is 39.2. The van der Waals surface area contributed by atoms with Gasteiger partial charge in [0.05, 0.1) is 5.69 Å². The van der Waals surface area contributed by atoms with Crippen molar-refractivity contribution in [3.63, 3.8) is 0 Å². The number of nitrogens with zero attached hydrogens (tertiary/aromatic N) is 1. The molecule has 1 heterocycles. The number of hydrogen-bond acceptors (Lipinski definition) is 2. The van der Waals surface area contributed by atoms with E-state index in [4.69, 9.17) is 5.11 Å². The minimum absolute atomic E-state index is 0.202. The number of carbonyl (C=O) groups is 2. The minimum Gasteiger partial charge on any atom is -0.480 e. The predicted molar refractivity (Wildman–Crippen MR) is 62.7 cm³/mol. The van der Waals surface area contributed by atoms with Crippen molar-refractivity contribution >= 4 is 17.7 Å². The Morgan fingerprint density at radius 3 is 2.60 bits per heavy atom.